The molecule has 1 aliphatic heterocycles. The molecule has 104 valence electrons. The molecule has 1 atom stereocenters. The van der Waals surface area contributed by atoms with Gasteiger partial charge in [0, 0.05) is 12.5 Å². The molecule has 0 amide bonds. The van der Waals surface area contributed by atoms with E-state index < -0.39 is 0 Å². The van der Waals surface area contributed by atoms with Crippen LogP contribution in [0.15, 0.2) is 0 Å². The zero-order chi connectivity index (χ0) is 13.0. The zero-order valence-corrected chi connectivity index (χ0v) is 11.9. The largest absolute Gasteiger partial charge is 0.381 e. The summed E-state index contributed by atoms with van der Waals surface area (Å²) in [7, 11) is 0. The van der Waals surface area contributed by atoms with Gasteiger partial charge in [-0.05, 0) is 38.8 Å². The maximum absolute atomic E-state index is 13.0. The molecule has 1 saturated heterocycles. The van der Waals surface area contributed by atoms with Gasteiger partial charge in [0.2, 0.25) is 0 Å². The van der Waals surface area contributed by atoms with Crippen molar-refractivity contribution in [2.45, 2.75) is 57.9 Å². The molecule has 2 rings (SSSR count). The van der Waals surface area contributed by atoms with Crippen LogP contribution >= 0.6 is 0 Å². The van der Waals surface area contributed by atoms with Crippen molar-refractivity contribution in [1.29, 1.82) is 0 Å². The SMILES string of the molecule is CCN(CC)C1(C(=O)C2CCCOC2)CCCC1. The van der Waals surface area contributed by atoms with E-state index in [0.29, 0.717) is 12.4 Å². The molecule has 0 aromatic heterocycles. The molecule has 0 N–H and O–H groups in total. The lowest BCUT2D eigenvalue weighted by molar-refractivity contribution is -0.139. The fraction of sp³-hybridized carbons (Fsp3) is 0.933. The standard InChI is InChI=1S/C15H27NO2/c1-3-16(4-2)15(9-5-6-10-15)14(17)13-8-7-11-18-12-13/h13H,3-12H2,1-2H3. The highest BCUT2D eigenvalue weighted by Crippen LogP contribution is 2.39. The van der Waals surface area contributed by atoms with Gasteiger partial charge in [0.15, 0.2) is 5.78 Å². The average molecular weight is 253 g/mol. The Hall–Kier alpha value is -0.410. The number of ketones is 1. The van der Waals surface area contributed by atoms with Crippen molar-refractivity contribution >= 4 is 5.78 Å². The lowest BCUT2D eigenvalue weighted by Gasteiger charge is -2.41. The van der Waals surface area contributed by atoms with Crippen LogP contribution in [0.4, 0.5) is 0 Å². The molecule has 18 heavy (non-hydrogen) atoms. The summed E-state index contributed by atoms with van der Waals surface area (Å²) < 4.78 is 5.52. The summed E-state index contributed by atoms with van der Waals surface area (Å²) in [6, 6.07) is 0. The highest BCUT2D eigenvalue weighted by molar-refractivity contribution is 5.91. The molecule has 0 aromatic rings. The lowest BCUT2D eigenvalue weighted by Crippen LogP contribution is -2.55. The van der Waals surface area contributed by atoms with Gasteiger partial charge in [0.1, 0.15) is 0 Å². The Morgan fingerprint density at radius 3 is 2.39 bits per heavy atom. The summed E-state index contributed by atoms with van der Waals surface area (Å²) in [5, 5.41) is 0. The van der Waals surface area contributed by atoms with Gasteiger partial charge in [-0.2, -0.15) is 0 Å². The van der Waals surface area contributed by atoms with E-state index in [1.54, 1.807) is 0 Å². The first-order chi connectivity index (χ1) is 8.74. The molecule has 0 spiro atoms. The maximum Gasteiger partial charge on any atom is 0.158 e. The van der Waals surface area contributed by atoms with Crippen molar-refractivity contribution < 1.29 is 9.53 Å². The van der Waals surface area contributed by atoms with Crippen LogP contribution < -0.4 is 0 Å². The fourth-order valence-corrected chi connectivity index (χ4v) is 3.83. The lowest BCUT2D eigenvalue weighted by atomic mass is 9.80. The molecule has 2 aliphatic rings. The number of ether oxygens (including phenoxy) is 1. The number of hydrogen-bond acceptors (Lipinski definition) is 3. The molecule has 3 nitrogen and oxygen atoms in total. The normalized spacial score (nSPS) is 27.6. The van der Waals surface area contributed by atoms with E-state index in [1.807, 2.05) is 0 Å². The Morgan fingerprint density at radius 2 is 1.89 bits per heavy atom. The first-order valence-electron chi connectivity index (χ1n) is 7.61. The van der Waals surface area contributed by atoms with Crippen molar-refractivity contribution in [3.63, 3.8) is 0 Å². The number of hydrogen-bond donors (Lipinski definition) is 0. The van der Waals surface area contributed by atoms with Gasteiger partial charge in [-0.3, -0.25) is 9.69 Å². The summed E-state index contributed by atoms with van der Waals surface area (Å²) in [6.07, 6.45) is 6.60. The van der Waals surface area contributed by atoms with E-state index in [-0.39, 0.29) is 11.5 Å². The number of likely N-dealkylation sites (N-methyl/N-ethyl adjacent to an activating group) is 1. The van der Waals surface area contributed by atoms with E-state index >= 15 is 0 Å². The number of Topliss-reactive ketones (excluding diaryl/α,β-unsaturated/α-hetero) is 1. The first kappa shape index (κ1) is 14.0. The van der Waals surface area contributed by atoms with Crippen LogP contribution in [0.25, 0.3) is 0 Å². The second-order valence-electron chi connectivity index (χ2n) is 5.69. The topological polar surface area (TPSA) is 29.5 Å². The van der Waals surface area contributed by atoms with Gasteiger partial charge in [-0.15, -0.1) is 0 Å². The molecule has 1 unspecified atom stereocenters. The average Bonchev–Trinajstić information content (AvgIpc) is 2.91. The minimum absolute atomic E-state index is 0.150. The van der Waals surface area contributed by atoms with Crippen molar-refractivity contribution in [1.82, 2.24) is 4.90 Å². The van der Waals surface area contributed by atoms with Gasteiger partial charge < -0.3 is 4.74 Å². The van der Waals surface area contributed by atoms with E-state index in [1.165, 1.54) is 12.8 Å². The van der Waals surface area contributed by atoms with Crippen LogP contribution in [-0.2, 0) is 9.53 Å². The van der Waals surface area contributed by atoms with Gasteiger partial charge >= 0.3 is 0 Å². The molecule has 2 fully saturated rings. The molecule has 0 bridgehead atoms. The Labute approximate surface area is 111 Å². The summed E-state index contributed by atoms with van der Waals surface area (Å²) in [5.74, 6) is 0.626. The molecule has 0 radical (unpaired) electrons. The molecule has 1 saturated carbocycles. The monoisotopic (exact) mass is 253 g/mol. The molecular weight excluding hydrogens is 226 g/mol. The first-order valence-corrected chi connectivity index (χ1v) is 7.61. The molecule has 3 heteroatoms. The number of carbonyl (C=O) groups is 1. The van der Waals surface area contributed by atoms with Crippen molar-refractivity contribution in [2.75, 3.05) is 26.3 Å². The van der Waals surface area contributed by atoms with Gasteiger partial charge in [-0.1, -0.05) is 26.7 Å². The van der Waals surface area contributed by atoms with Crippen LogP contribution in [0.3, 0.4) is 0 Å². The summed E-state index contributed by atoms with van der Waals surface area (Å²) in [5.41, 5.74) is -0.158. The van der Waals surface area contributed by atoms with E-state index in [9.17, 15) is 4.79 Å². The van der Waals surface area contributed by atoms with Crippen LogP contribution in [0, 0.1) is 5.92 Å². The third-order valence-corrected chi connectivity index (χ3v) is 4.79. The van der Waals surface area contributed by atoms with Gasteiger partial charge in [0.05, 0.1) is 12.1 Å². The second kappa shape index (κ2) is 6.16. The molecule has 1 aliphatic carbocycles. The highest BCUT2D eigenvalue weighted by atomic mass is 16.5. The van der Waals surface area contributed by atoms with E-state index in [0.717, 1.165) is 45.4 Å². The summed E-state index contributed by atoms with van der Waals surface area (Å²) >= 11 is 0. The van der Waals surface area contributed by atoms with Crippen molar-refractivity contribution in [2.24, 2.45) is 5.92 Å². The number of carbonyl (C=O) groups excluding carboxylic acids is 1. The third kappa shape index (κ3) is 2.48. The predicted octanol–water partition coefficient (Wildman–Crippen LogP) is 2.64. The Balaban J connectivity index is 2.15. The van der Waals surface area contributed by atoms with Crippen molar-refractivity contribution in [3.05, 3.63) is 0 Å². The second-order valence-corrected chi connectivity index (χ2v) is 5.69. The van der Waals surface area contributed by atoms with Gasteiger partial charge in [0.25, 0.3) is 0 Å². The predicted molar refractivity (Wildman–Crippen MR) is 72.7 cm³/mol. The Morgan fingerprint density at radius 1 is 1.22 bits per heavy atom. The molecule has 1 heterocycles. The fourth-order valence-electron chi connectivity index (χ4n) is 3.83. The zero-order valence-electron chi connectivity index (χ0n) is 11.9. The minimum atomic E-state index is -0.158. The molecule has 0 aromatic carbocycles. The quantitative estimate of drug-likeness (QED) is 0.754. The van der Waals surface area contributed by atoms with E-state index in [4.69, 9.17) is 4.74 Å². The number of nitrogens with zero attached hydrogens (tertiary/aromatic N) is 1. The maximum atomic E-state index is 13.0. The minimum Gasteiger partial charge on any atom is -0.381 e. The van der Waals surface area contributed by atoms with Gasteiger partial charge in [-0.25, -0.2) is 0 Å². The van der Waals surface area contributed by atoms with Crippen molar-refractivity contribution in [3.8, 4) is 0 Å². The third-order valence-electron chi connectivity index (χ3n) is 4.79. The van der Waals surface area contributed by atoms with Crippen LogP contribution in [0.1, 0.15) is 52.4 Å². The van der Waals surface area contributed by atoms with Crippen LogP contribution in [-0.4, -0.2) is 42.5 Å². The van der Waals surface area contributed by atoms with E-state index in [2.05, 4.69) is 18.7 Å². The number of rotatable bonds is 5. The van der Waals surface area contributed by atoms with Crippen LogP contribution in [0.5, 0.6) is 0 Å². The smallest absolute Gasteiger partial charge is 0.158 e. The molecular formula is C15H27NO2. The highest BCUT2D eigenvalue weighted by Gasteiger charge is 2.47. The summed E-state index contributed by atoms with van der Waals surface area (Å²) in [4.78, 5) is 15.4. The Bertz CT molecular complexity index is 274. The Kier molecular flexibility index (Phi) is 4.79. The van der Waals surface area contributed by atoms with Crippen LogP contribution in [0.2, 0.25) is 0 Å². The summed E-state index contributed by atoms with van der Waals surface area (Å²) in [6.45, 7) is 7.80.